The molecule has 29 heavy (non-hydrogen) atoms. The smallest absolute Gasteiger partial charge is 0.234 e. The molecule has 0 atom stereocenters. The topological polar surface area (TPSA) is 91.9 Å². The zero-order chi connectivity index (χ0) is 21.4. The Labute approximate surface area is 171 Å². The van der Waals surface area contributed by atoms with Crippen molar-refractivity contribution in [3.05, 3.63) is 53.6 Å². The summed E-state index contributed by atoms with van der Waals surface area (Å²) in [4.78, 5) is 8.51. The Morgan fingerprint density at radius 2 is 1.86 bits per heavy atom. The van der Waals surface area contributed by atoms with Crippen LogP contribution in [-0.4, -0.2) is 36.3 Å². The molecular formula is C21H25N5O2S. The van der Waals surface area contributed by atoms with Crippen LogP contribution in [0.15, 0.2) is 36.5 Å². The lowest BCUT2D eigenvalue weighted by Gasteiger charge is -2.22. The Hall–Kier alpha value is -2.92. The van der Waals surface area contributed by atoms with E-state index in [4.69, 9.17) is 5.26 Å². The third-order valence-electron chi connectivity index (χ3n) is 4.64. The highest BCUT2D eigenvalue weighted by atomic mass is 32.2. The summed E-state index contributed by atoms with van der Waals surface area (Å²) in [5, 5.41) is 10.1. The summed E-state index contributed by atoms with van der Waals surface area (Å²) in [6.07, 6.45) is 3.54. The number of fused-ring (bicyclic) bond motifs is 1. The first-order valence-electron chi connectivity index (χ1n) is 9.26. The van der Waals surface area contributed by atoms with Crippen molar-refractivity contribution in [2.45, 2.75) is 33.7 Å². The van der Waals surface area contributed by atoms with Gasteiger partial charge < -0.3 is 4.57 Å². The molecule has 0 amide bonds. The SMILES string of the molecule is CN(c1ccc(Cc2cc3cnc(C#N)nc3n2CC(C)(C)C)cc1)S(C)(=O)=O. The molecule has 2 heterocycles. The first-order valence-corrected chi connectivity index (χ1v) is 11.1. The summed E-state index contributed by atoms with van der Waals surface area (Å²) in [7, 11) is -1.75. The quantitative estimate of drug-likeness (QED) is 0.642. The highest BCUT2D eigenvalue weighted by Crippen LogP contribution is 2.26. The molecule has 152 valence electrons. The van der Waals surface area contributed by atoms with Gasteiger partial charge in [0.25, 0.3) is 0 Å². The van der Waals surface area contributed by atoms with Crippen LogP contribution in [0.5, 0.6) is 0 Å². The van der Waals surface area contributed by atoms with Gasteiger partial charge in [0, 0.05) is 37.3 Å². The largest absolute Gasteiger partial charge is 0.329 e. The van der Waals surface area contributed by atoms with E-state index >= 15 is 0 Å². The zero-order valence-corrected chi connectivity index (χ0v) is 18.2. The molecule has 0 aliphatic rings. The van der Waals surface area contributed by atoms with Crippen LogP contribution in [0.1, 0.15) is 37.9 Å². The molecule has 0 N–H and O–H groups in total. The van der Waals surface area contributed by atoms with Gasteiger partial charge in [-0.05, 0) is 29.2 Å². The summed E-state index contributed by atoms with van der Waals surface area (Å²) < 4.78 is 26.9. The number of rotatable bonds is 5. The van der Waals surface area contributed by atoms with Crippen molar-refractivity contribution in [1.82, 2.24) is 14.5 Å². The van der Waals surface area contributed by atoms with Crippen LogP contribution < -0.4 is 4.31 Å². The lowest BCUT2D eigenvalue weighted by molar-refractivity contribution is 0.344. The van der Waals surface area contributed by atoms with Crippen molar-refractivity contribution >= 4 is 26.7 Å². The number of nitriles is 1. The molecule has 8 heteroatoms. The predicted octanol–water partition coefficient (Wildman–Crippen LogP) is 3.34. The fraction of sp³-hybridized carbons (Fsp3) is 0.381. The minimum atomic E-state index is -3.29. The Morgan fingerprint density at radius 3 is 2.41 bits per heavy atom. The van der Waals surface area contributed by atoms with Crippen LogP contribution in [0.4, 0.5) is 5.69 Å². The van der Waals surface area contributed by atoms with Crippen molar-refractivity contribution in [2.75, 3.05) is 17.6 Å². The molecule has 0 bridgehead atoms. The Bertz CT molecular complexity index is 1180. The molecule has 0 saturated carbocycles. The van der Waals surface area contributed by atoms with Crippen molar-refractivity contribution in [3.63, 3.8) is 0 Å². The van der Waals surface area contributed by atoms with E-state index in [-0.39, 0.29) is 11.2 Å². The molecule has 0 radical (unpaired) electrons. The molecule has 3 rings (SSSR count). The Morgan fingerprint density at radius 1 is 1.21 bits per heavy atom. The monoisotopic (exact) mass is 411 g/mol. The normalized spacial score (nSPS) is 12.1. The number of hydrogen-bond acceptors (Lipinski definition) is 5. The molecule has 0 saturated heterocycles. The summed E-state index contributed by atoms with van der Waals surface area (Å²) in [6, 6.07) is 11.5. The van der Waals surface area contributed by atoms with Gasteiger partial charge in [-0.1, -0.05) is 32.9 Å². The lowest BCUT2D eigenvalue weighted by atomic mass is 9.96. The van der Waals surface area contributed by atoms with Gasteiger partial charge in [-0.3, -0.25) is 4.31 Å². The minimum absolute atomic E-state index is 0.0283. The second-order valence-electron chi connectivity index (χ2n) is 8.44. The van der Waals surface area contributed by atoms with Gasteiger partial charge >= 0.3 is 0 Å². The van der Waals surface area contributed by atoms with E-state index in [1.165, 1.54) is 17.6 Å². The van der Waals surface area contributed by atoms with E-state index < -0.39 is 10.0 Å². The van der Waals surface area contributed by atoms with Crippen LogP contribution in [0.2, 0.25) is 0 Å². The fourth-order valence-corrected chi connectivity index (χ4v) is 3.67. The second-order valence-corrected chi connectivity index (χ2v) is 10.5. The maximum Gasteiger partial charge on any atom is 0.234 e. The standard InChI is InChI=1S/C21H25N5O2S/c1-21(2,3)14-26-18(11-16-13-23-19(12-22)24-20(16)26)10-15-6-8-17(9-7-15)25(4)29(5,27)28/h6-9,11,13H,10,14H2,1-5H3. The van der Waals surface area contributed by atoms with Crippen molar-refractivity contribution in [1.29, 1.82) is 5.26 Å². The number of anilines is 1. The van der Waals surface area contributed by atoms with E-state index in [9.17, 15) is 8.42 Å². The molecule has 7 nitrogen and oxygen atoms in total. The average Bonchev–Trinajstić information content (AvgIpc) is 2.96. The zero-order valence-electron chi connectivity index (χ0n) is 17.3. The molecule has 0 aliphatic carbocycles. The van der Waals surface area contributed by atoms with Crippen molar-refractivity contribution < 1.29 is 8.42 Å². The second kappa shape index (κ2) is 7.48. The molecule has 0 spiro atoms. The van der Waals surface area contributed by atoms with Gasteiger partial charge in [0.05, 0.1) is 11.9 Å². The van der Waals surface area contributed by atoms with Crippen molar-refractivity contribution in [3.8, 4) is 6.07 Å². The molecule has 0 unspecified atom stereocenters. The van der Waals surface area contributed by atoms with Gasteiger partial charge in [-0.2, -0.15) is 5.26 Å². The highest BCUT2D eigenvalue weighted by molar-refractivity contribution is 7.92. The van der Waals surface area contributed by atoms with Crippen LogP contribution in [0.3, 0.4) is 0 Å². The lowest BCUT2D eigenvalue weighted by Crippen LogP contribution is -2.24. The van der Waals surface area contributed by atoms with Gasteiger partial charge in [-0.25, -0.2) is 18.4 Å². The van der Waals surface area contributed by atoms with Gasteiger partial charge in [0.2, 0.25) is 15.8 Å². The van der Waals surface area contributed by atoms with Crippen LogP contribution in [-0.2, 0) is 23.0 Å². The summed E-state index contributed by atoms with van der Waals surface area (Å²) in [6.45, 7) is 7.23. The molecule has 1 aromatic carbocycles. The van der Waals surface area contributed by atoms with Gasteiger partial charge in [0.1, 0.15) is 11.7 Å². The number of benzene rings is 1. The Kier molecular flexibility index (Phi) is 5.37. The van der Waals surface area contributed by atoms with E-state index in [1.807, 2.05) is 18.2 Å². The molecule has 3 aromatic rings. The molecular weight excluding hydrogens is 386 g/mol. The fourth-order valence-electron chi connectivity index (χ4n) is 3.17. The maximum atomic E-state index is 11.7. The van der Waals surface area contributed by atoms with Crippen LogP contribution >= 0.6 is 0 Å². The average molecular weight is 412 g/mol. The molecule has 0 fully saturated rings. The van der Waals surface area contributed by atoms with Crippen molar-refractivity contribution in [2.24, 2.45) is 5.41 Å². The van der Waals surface area contributed by atoms with E-state index in [0.717, 1.165) is 28.8 Å². The van der Waals surface area contributed by atoms with Gasteiger partial charge in [-0.15, -0.1) is 0 Å². The summed E-state index contributed by atoms with van der Waals surface area (Å²) in [5.41, 5.74) is 3.54. The Balaban J connectivity index is 1.99. The predicted molar refractivity (Wildman–Crippen MR) is 114 cm³/mol. The first-order chi connectivity index (χ1) is 13.5. The maximum absolute atomic E-state index is 11.7. The van der Waals surface area contributed by atoms with E-state index in [1.54, 1.807) is 18.3 Å². The highest BCUT2D eigenvalue weighted by Gasteiger charge is 2.19. The van der Waals surface area contributed by atoms with E-state index in [2.05, 4.69) is 41.4 Å². The molecule has 2 aromatic heterocycles. The third kappa shape index (κ3) is 4.74. The van der Waals surface area contributed by atoms with Crippen LogP contribution in [0, 0.1) is 16.7 Å². The number of sulfonamides is 1. The first kappa shape index (κ1) is 20.8. The van der Waals surface area contributed by atoms with Gasteiger partial charge in [0.15, 0.2) is 0 Å². The number of aromatic nitrogens is 3. The summed E-state index contributed by atoms with van der Waals surface area (Å²) >= 11 is 0. The molecule has 0 aliphatic heterocycles. The number of hydrogen-bond donors (Lipinski definition) is 0. The third-order valence-corrected chi connectivity index (χ3v) is 5.84. The minimum Gasteiger partial charge on any atom is -0.329 e. The summed E-state index contributed by atoms with van der Waals surface area (Å²) in [5.74, 6) is 0.158. The number of nitrogens with zero attached hydrogens (tertiary/aromatic N) is 5. The van der Waals surface area contributed by atoms with E-state index in [0.29, 0.717) is 12.1 Å². The van der Waals surface area contributed by atoms with Crippen LogP contribution in [0.25, 0.3) is 11.0 Å².